The first-order chi connectivity index (χ1) is 9.84. The summed E-state index contributed by atoms with van der Waals surface area (Å²) in [6.45, 7) is 0.468. The van der Waals surface area contributed by atoms with Crippen LogP contribution in [0.15, 0.2) is 82.2 Å². The number of thioether (sulfide) groups is 1. The van der Waals surface area contributed by atoms with Crippen molar-refractivity contribution in [2.24, 2.45) is 5.16 Å². The summed E-state index contributed by atoms with van der Waals surface area (Å²) in [6, 6.07) is 20.1. The Labute approximate surface area is 131 Å². The molecule has 0 radical (unpaired) electrons. The fourth-order valence-electron chi connectivity index (χ4n) is 1.44. The van der Waals surface area contributed by atoms with Gasteiger partial charge in [-0.1, -0.05) is 65.4 Å². The largest absolute Gasteiger partial charge is 0.390 e. The fourth-order valence-corrected chi connectivity index (χ4v) is 2.52. The van der Waals surface area contributed by atoms with Gasteiger partial charge in [-0.25, -0.2) is 0 Å². The van der Waals surface area contributed by atoms with Gasteiger partial charge in [0, 0.05) is 4.90 Å². The maximum Gasteiger partial charge on any atom is 0.145 e. The van der Waals surface area contributed by atoms with Crippen molar-refractivity contribution < 1.29 is 4.84 Å². The predicted molar refractivity (Wildman–Crippen MR) is 89.0 cm³/mol. The second-order valence-corrected chi connectivity index (χ2v) is 5.70. The van der Waals surface area contributed by atoms with Crippen LogP contribution in [-0.4, -0.2) is 4.62 Å². The summed E-state index contributed by atoms with van der Waals surface area (Å²) in [4.78, 5) is 6.45. The molecule has 2 aromatic carbocycles. The monoisotopic (exact) mass is 347 g/mol. The topological polar surface area (TPSA) is 21.6 Å². The minimum absolute atomic E-state index is 0.468. The Morgan fingerprint density at radius 2 is 1.70 bits per heavy atom. The van der Waals surface area contributed by atoms with Crippen molar-refractivity contribution in [1.82, 2.24) is 0 Å². The zero-order valence-corrected chi connectivity index (χ0v) is 13.2. The Morgan fingerprint density at radius 3 is 2.40 bits per heavy atom. The highest BCUT2D eigenvalue weighted by molar-refractivity contribution is 9.18. The zero-order valence-electron chi connectivity index (χ0n) is 10.8. The molecule has 0 bridgehead atoms. The molecular weight excluding hydrogens is 334 g/mol. The molecule has 2 aromatic rings. The van der Waals surface area contributed by atoms with E-state index in [1.807, 2.05) is 60.0 Å². The van der Waals surface area contributed by atoms with E-state index in [9.17, 15) is 0 Å². The Kier molecular flexibility index (Phi) is 6.41. The first-order valence-corrected chi connectivity index (χ1v) is 7.79. The Morgan fingerprint density at radius 1 is 1.05 bits per heavy atom. The van der Waals surface area contributed by atoms with E-state index >= 15 is 0 Å². The Hall–Kier alpha value is -1.52. The van der Waals surface area contributed by atoms with E-state index in [1.165, 1.54) is 4.90 Å². The molecule has 2 nitrogen and oxygen atoms in total. The molecule has 0 N–H and O–H groups in total. The quantitative estimate of drug-likeness (QED) is 0.406. The summed E-state index contributed by atoms with van der Waals surface area (Å²) in [6.07, 6.45) is 1.86. The number of hydrogen-bond donors (Lipinski definition) is 0. The summed E-state index contributed by atoms with van der Waals surface area (Å²) in [5.41, 5.74) is 1.10. The van der Waals surface area contributed by atoms with Crippen molar-refractivity contribution >= 4 is 32.3 Å². The van der Waals surface area contributed by atoms with E-state index in [1.54, 1.807) is 11.8 Å². The van der Waals surface area contributed by atoms with Crippen LogP contribution >= 0.6 is 27.7 Å². The minimum Gasteiger partial charge on any atom is -0.390 e. The maximum absolute atomic E-state index is 5.26. The molecule has 0 atom stereocenters. The second kappa shape index (κ2) is 8.61. The molecule has 102 valence electrons. The molecule has 0 aliphatic carbocycles. The van der Waals surface area contributed by atoms with Crippen molar-refractivity contribution in [1.29, 1.82) is 0 Å². The molecule has 0 amide bonds. The standard InChI is InChI=1S/C16H14BrNOS/c17-16(11-12-20-15-9-5-2-6-10-15)18-19-13-14-7-3-1-4-8-14/h1-12H,13H2/b12-11+,18-16-. The molecule has 0 saturated heterocycles. The first-order valence-electron chi connectivity index (χ1n) is 6.12. The molecule has 4 heteroatoms. The van der Waals surface area contributed by atoms with Gasteiger partial charge in [-0.15, -0.1) is 0 Å². The smallest absolute Gasteiger partial charge is 0.145 e. The van der Waals surface area contributed by atoms with Crippen molar-refractivity contribution in [2.45, 2.75) is 11.5 Å². The Balaban J connectivity index is 1.76. The van der Waals surface area contributed by atoms with Crippen LogP contribution in [0.2, 0.25) is 0 Å². The van der Waals surface area contributed by atoms with Gasteiger partial charge in [-0.3, -0.25) is 0 Å². The van der Waals surface area contributed by atoms with Crippen molar-refractivity contribution in [2.75, 3.05) is 0 Å². The fraction of sp³-hybridized carbons (Fsp3) is 0.0625. The van der Waals surface area contributed by atoms with Gasteiger partial charge in [-0.05, 0) is 45.1 Å². The number of allylic oxidation sites excluding steroid dienone is 1. The summed E-state index contributed by atoms with van der Waals surface area (Å²) in [5, 5.41) is 5.95. The molecule has 0 saturated carbocycles. The normalized spacial score (nSPS) is 11.8. The van der Waals surface area contributed by atoms with E-state index in [4.69, 9.17) is 4.84 Å². The van der Waals surface area contributed by atoms with Crippen LogP contribution in [0.4, 0.5) is 0 Å². The summed E-state index contributed by atoms with van der Waals surface area (Å²) < 4.78 is 0.664. The highest BCUT2D eigenvalue weighted by atomic mass is 79.9. The predicted octanol–water partition coefficient (Wildman–Crippen LogP) is 5.22. The van der Waals surface area contributed by atoms with Gasteiger partial charge in [0.15, 0.2) is 0 Å². The third kappa shape index (κ3) is 5.63. The second-order valence-electron chi connectivity index (χ2n) is 3.91. The SMILES string of the molecule is BrC(/C=C/Sc1ccccc1)=N\OCc1ccccc1. The lowest BCUT2D eigenvalue weighted by Crippen LogP contribution is -1.88. The van der Waals surface area contributed by atoms with Gasteiger partial charge >= 0.3 is 0 Å². The highest BCUT2D eigenvalue weighted by Gasteiger charge is 1.92. The molecule has 0 aliphatic rings. The van der Waals surface area contributed by atoms with E-state index in [-0.39, 0.29) is 0 Å². The van der Waals surface area contributed by atoms with Crippen LogP contribution in [0.1, 0.15) is 5.56 Å². The molecule has 0 fully saturated rings. The Bertz CT molecular complexity index is 570. The molecule has 0 heterocycles. The van der Waals surface area contributed by atoms with Crippen molar-refractivity contribution in [3.8, 4) is 0 Å². The van der Waals surface area contributed by atoms with E-state index in [0.29, 0.717) is 11.2 Å². The summed E-state index contributed by atoms with van der Waals surface area (Å²) in [7, 11) is 0. The first kappa shape index (κ1) is 14.9. The maximum atomic E-state index is 5.26. The van der Waals surface area contributed by atoms with E-state index < -0.39 is 0 Å². The zero-order chi connectivity index (χ0) is 14.0. The highest BCUT2D eigenvalue weighted by Crippen LogP contribution is 2.18. The average molecular weight is 348 g/mol. The molecule has 0 spiro atoms. The number of rotatable bonds is 6. The summed E-state index contributed by atoms with van der Waals surface area (Å²) >= 11 is 4.98. The number of benzene rings is 2. The van der Waals surface area contributed by atoms with Crippen LogP contribution in [0, 0.1) is 0 Å². The molecule has 0 unspecified atom stereocenters. The number of hydrogen-bond acceptors (Lipinski definition) is 3. The molecule has 2 rings (SSSR count). The average Bonchev–Trinajstić information content (AvgIpc) is 2.49. The number of oxime groups is 1. The van der Waals surface area contributed by atoms with Crippen LogP contribution < -0.4 is 0 Å². The summed E-state index contributed by atoms with van der Waals surface area (Å²) in [5.74, 6) is 0. The lowest BCUT2D eigenvalue weighted by atomic mass is 10.2. The van der Waals surface area contributed by atoms with Crippen molar-refractivity contribution in [3.05, 3.63) is 77.7 Å². The van der Waals surface area contributed by atoms with Crippen LogP contribution in [0.3, 0.4) is 0 Å². The van der Waals surface area contributed by atoms with Crippen LogP contribution in [0.25, 0.3) is 0 Å². The molecule has 0 aromatic heterocycles. The molecule has 0 aliphatic heterocycles. The molecule has 20 heavy (non-hydrogen) atoms. The van der Waals surface area contributed by atoms with E-state index in [0.717, 1.165) is 5.56 Å². The van der Waals surface area contributed by atoms with Gasteiger partial charge in [0.2, 0.25) is 0 Å². The van der Waals surface area contributed by atoms with Crippen LogP contribution in [0.5, 0.6) is 0 Å². The van der Waals surface area contributed by atoms with Gasteiger partial charge in [0.05, 0.1) is 0 Å². The lowest BCUT2D eigenvalue weighted by Gasteiger charge is -1.99. The minimum atomic E-state index is 0.468. The van der Waals surface area contributed by atoms with Gasteiger partial charge < -0.3 is 4.84 Å². The van der Waals surface area contributed by atoms with E-state index in [2.05, 4.69) is 33.2 Å². The van der Waals surface area contributed by atoms with Gasteiger partial charge in [0.25, 0.3) is 0 Å². The number of nitrogens with zero attached hydrogens (tertiary/aromatic N) is 1. The van der Waals surface area contributed by atoms with Crippen molar-refractivity contribution in [3.63, 3.8) is 0 Å². The number of halogens is 1. The third-order valence-corrected chi connectivity index (χ3v) is 3.60. The van der Waals surface area contributed by atoms with Gasteiger partial charge in [-0.2, -0.15) is 0 Å². The molecular formula is C16H14BrNOS. The third-order valence-electron chi connectivity index (χ3n) is 2.38. The van der Waals surface area contributed by atoms with Gasteiger partial charge in [0.1, 0.15) is 11.2 Å². The lowest BCUT2D eigenvalue weighted by molar-refractivity contribution is 0.132. The van der Waals surface area contributed by atoms with Crippen LogP contribution in [-0.2, 0) is 11.4 Å².